The number of aromatic nitrogens is 1. The van der Waals surface area contributed by atoms with E-state index in [0.29, 0.717) is 0 Å². The van der Waals surface area contributed by atoms with Gasteiger partial charge in [0.1, 0.15) is 5.82 Å². The Kier molecular flexibility index (Phi) is 5.20. The second-order valence-electron chi connectivity index (χ2n) is 5.59. The number of rotatable bonds is 7. The second-order valence-corrected chi connectivity index (χ2v) is 5.59. The average molecular weight is 261 g/mol. The van der Waals surface area contributed by atoms with Crippen molar-refractivity contribution < 1.29 is 0 Å². The molecule has 1 aromatic rings. The van der Waals surface area contributed by atoms with Crippen LogP contribution in [0, 0.1) is 12.8 Å². The van der Waals surface area contributed by atoms with Gasteiger partial charge in [0, 0.05) is 25.3 Å². The van der Waals surface area contributed by atoms with Crippen molar-refractivity contribution >= 4 is 5.82 Å². The number of hydrogen-bond acceptors (Lipinski definition) is 3. The lowest BCUT2D eigenvalue weighted by molar-refractivity contribution is 0.318. The summed E-state index contributed by atoms with van der Waals surface area (Å²) in [7, 11) is 0. The number of nitrogens with one attached hydrogen (secondary N) is 1. The van der Waals surface area contributed by atoms with Crippen molar-refractivity contribution in [2.75, 3.05) is 24.5 Å². The molecule has 106 valence electrons. The molecule has 1 aliphatic rings. The van der Waals surface area contributed by atoms with E-state index in [1.54, 1.807) is 0 Å². The monoisotopic (exact) mass is 261 g/mol. The fraction of sp³-hybridized carbons (Fsp3) is 0.688. The minimum Gasteiger partial charge on any atom is -0.357 e. The third kappa shape index (κ3) is 3.93. The van der Waals surface area contributed by atoms with Gasteiger partial charge in [0.25, 0.3) is 0 Å². The van der Waals surface area contributed by atoms with Crippen LogP contribution in [0.2, 0.25) is 0 Å². The number of aryl methyl sites for hydroxylation is 1. The van der Waals surface area contributed by atoms with E-state index in [1.165, 1.54) is 31.4 Å². The summed E-state index contributed by atoms with van der Waals surface area (Å²) >= 11 is 0. The molecular weight excluding hydrogens is 234 g/mol. The Morgan fingerprint density at radius 1 is 1.32 bits per heavy atom. The number of hydrogen-bond donors (Lipinski definition) is 1. The summed E-state index contributed by atoms with van der Waals surface area (Å²) in [6.07, 6.45) is 4.20. The van der Waals surface area contributed by atoms with E-state index < -0.39 is 0 Å². The maximum atomic E-state index is 4.72. The van der Waals surface area contributed by atoms with Crippen molar-refractivity contribution in [2.45, 2.75) is 46.6 Å². The van der Waals surface area contributed by atoms with Crippen molar-refractivity contribution in [3.63, 3.8) is 0 Å². The summed E-state index contributed by atoms with van der Waals surface area (Å²) in [5, 5.41) is 3.39. The van der Waals surface area contributed by atoms with Crippen molar-refractivity contribution in [3.05, 3.63) is 23.4 Å². The first-order valence-corrected chi connectivity index (χ1v) is 7.66. The highest BCUT2D eigenvalue weighted by molar-refractivity contribution is 5.42. The van der Waals surface area contributed by atoms with Gasteiger partial charge < -0.3 is 10.2 Å². The molecule has 0 bridgehead atoms. The van der Waals surface area contributed by atoms with Crippen LogP contribution in [0.15, 0.2) is 12.1 Å². The van der Waals surface area contributed by atoms with Gasteiger partial charge in [-0.1, -0.05) is 13.3 Å². The summed E-state index contributed by atoms with van der Waals surface area (Å²) in [5.41, 5.74) is 2.47. The van der Waals surface area contributed by atoms with Gasteiger partial charge in [0.15, 0.2) is 0 Å². The number of anilines is 1. The highest BCUT2D eigenvalue weighted by atomic mass is 15.2. The molecular formula is C16H27N3. The molecule has 3 nitrogen and oxygen atoms in total. The number of nitrogens with zero attached hydrogens (tertiary/aromatic N) is 2. The first-order valence-electron chi connectivity index (χ1n) is 7.66. The standard InChI is InChI=1S/C16H27N3/c1-4-17-11-15-9-13(3)18-16(10-15)19(5-2)12-14-7-6-8-14/h9-10,14,17H,4-8,11-12H2,1-3H3. The largest absolute Gasteiger partial charge is 0.357 e. The van der Waals surface area contributed by atoms with Gasteiger partial charge >= 0.3 is 0 Å². The fourth-order valence-electron chi connectivity index (χ4n) is 2.63. The topological polar surface area (TPSA) is 28.2 Å². The molecule has 1 N–H and O–H groups in total. The second kappa shape index (κ2) is 6.90. The molecule has 1 aliphatic carbocycles. The molecule has 1 heterocycles. The van der Waals surface area contributed by atoms with E-state index in [4.69, 9.17) is 4.98 Å². The highest BCUT2D eigenvalue weighted by Gasteiger charge is 2.21. The summed E-state index contributed by atoms with van der Waals surface area (Å²) in [6, 6.07) is 4.43. The lowest BCUT2D eigenvalue weighted by atomic mass is 9.85. The molecule has 3 heteroatoms. The first-order chi connectivity index (χ1) is 9.22. The third-order valence-corrected chi connectivity index (χ3v) is 3.99. The zero-order valence-electron chi connectivity index (χ0n) is 12.6. The van der Waals surface area contributed by atoms with E-state index in [9.17, 15) is 0 Å². The molecule has 1 aromatic heterocycles. The Hall–Kier alpha value is -1.09. The lowest BCUT2D eigenvalue weighted by Crippen LogP contribution is -2.33. The Morgan fingerprint density at radius 3 is 2.68 bits per heavy atom. The minimum absolute atomic E-state index is 0.888. The molecule has 0 aromatic carbocycles. The zero-order valence-corrected chi connectivity index (χ0v) is 12.6. The van der Waals surface area contributed by atoms with E-state index in [1.807, 2.05) is 0 Å². The molecule has 1 fully saturated rings. The molecule has 0 unspecified atom stereocenters. The van der Waals surface area contributed by atoms with E-state index in [0.717, 1.165) is 37.1 Å². The van der Waals surface area contributed by atoms with Crippen LogP contribution in [0.25, 0.3) is 0 Å². The van der Waals surface area contributed by atoms with Gasteiger partial charge in [-0.15, -0.1) is 0 Å². The summed E-state index contributed by atoms with van der Waals surface area (Å²) in [6.45, 7) is 10.6. The molecule has 1 saturated carbocycles. The summed E-state index contributed by atoms with van der Waals surface area (Å²) in [5.74, 6) is 2.04. The Balaban J connectivity index is 2.08. The van der Waals surface area contributed by atoms with Crippen molar-refractivity contribution in [1.29, 1.82) is 0 Å². The fourth-order valence-corrected chi connectivity index (χ4v) is 2.63. The Labute approximate surface area is 117 Å². The average Bonchev–Trinajstić information content (AvgIpc) is 2.34. The predicted octanol–water partition coefficient (Wildman–Crippen LogP) is 3.13. The lowest BCUT2D eigenvalue weighted by Gasteiger charge is -2.32. The normalized spacial score (nSPS) is 15.3. The zero-order chi connectivity index (χ0) is 13.7. The molecule has 0 atom stereocenters. The van der Waals surface area contributed by atoms with Crippen LogP contribution in [0.4, 0.5) is 5.82 Å². The maximum absolute atomic E-state index is 4.72. The molecule has 2 rings (SSSR count). The predicted molar refractivity (Wildman–Crippen MR) is 81.6 cm³/mol. The highest BCUT2D eigenvalue weighted by Crippen LogP contribution is 2.28. The van der Waals surface area contributed by atoms with Gasteiger partial charge in [-0.3, -0.25) is 0 Å². The van der Waals surface area contributed by atoms with Crippen LogP contribution < -0.4 is 10.2 Å². The summed E-state index contributed by atoms with van der Waals surface area (Å²) < 4.78 is 0. The minimum atomic E-state index is 0.888. The van der Waals surface area contributed by atoms with Gasteiger partial charge in [0.05, 0.1) is 0 Å². The smallest absolute Gasteiger partial charge is 0.129 e. The SMILES string of the molecule is CCNCc1cc(C)nc(N(CC)CC2CCC2)c1. The van der Waals surface area contributed by atoms with Crippen LogP contribution in [0.5, 0.6) is 0 Å². The van der Waals surface area contributed by atoms with Gasteiger partial charge in [-0.2, -0.15) is 0 Å². The Morgan fingerprint density at radius 2 is 2.11 bits per heavy atom. The summed E-state index contributed by atoms with van der Waals surface area (Å²) in [4.78, 5) is 7.16. The van der Waals surface area contributed by atoms with Crippen LogP contribution in [0.1, 0.15) is 44.4 Å². The first kappa shape index (κ1) is 14.3. The van der Waals surface area contributed by atoms with E-state index >= 15 is 0 Å². The van der Waals surface area contributed by atoms with Gasteiger partial charge in [-0.25, -0.2) is 4.98 Å². The van der Waals surface area contributed by atoms with Crippen LogP contribution in [0.3, 0.4) is 0 Å². The number of pyridine rings is 1. The molecule has 0 saturated heterocycles. The third-order valence-electron chi connectivity index (χ3n) is 3.99. The molecule has 0 spiro atoms. The van der Waals surface area contributed by atoms with Crippen molar-refractivity contribution in [3.8, 4) is 0 Å². The van der Waals surface area contributed by atoms with Crippen molar-refractivity contribution in [1.82, 2.24) is 10.3 Å². The van der Waals surface area contributed by atoms with E-state index in [-0.39, 0.29) is 0 Å². The van der Waals surface area contributed by atoms with Gasteiger partial charge in [0.2, 0.25) is 0 Å². The Bertz CT molecular complexity index is 399. The van der Waals surface area contributed by atoms with E-state index in [2.05, 4.69) is 43.1 Å². The maximum Gasteiger partial charge on any atom is 0.129 e. The molecule has 0 amide bonds. The molecule has 0 aliphatic heterocycles. The van der Waals surface area contributed by atoms with Crippen LogP contribution in [-0.4, -0.2) is 24.6 Å². The van der Waals surface area contributed by atoms with Crippen LogP contribution in [-0.2, 0) is 6.54 Å². The van der Waals surface area contributed by atoms with Crippen LogP contribution >= 0.6 is 0 Å². The molecule has 19 heavy (non-hydrogen) atoms. The quantitative estimate of drug-likeness (QED) is 0.817. The molecule has 0 radical (unpaired) electrons. The van der Waals surface area contributed by atoms with Gasteiger partial charge in [-0.05, 0) is 56.8 Å². The van der Waals surface area contributed by atoms with Crippen molar-refractivity contribution in [2.24, 2.45) is 5.92 Å².